The molecule has 2 rings (SSSR count). The molecule has 0 saturated carbocycles. The zero-order valence-corrected chi connectivity index (χ0v) is 8.13. The summed E-state index contributed by atoms with van der Waals surface area (Å²) in [4.78, 5) is 0. The molecule has 2 heteroatoms. The number of benzene rings is 1. The van der Waals surface area contributed by atoms with Crippen LogP contribution in [-0.4, -0.2) is 13.7 Å². The largest absolute Gasteiger partial charge is 0.492 e. The molecular formula is C11H15NO. The molecule has 1 heterocycles. The maximum Gasteiger partial charge on any atom is 0.127 e. The molecule has 0 fully saturated rings. The number of rotatable bonds is 2. The Morgan fingerprint density at radius 3 is 3.15 bits per heavy atom. The lowest BCUT2D eigenvalue weighted by molar-refractivity contribution is 0.334. The number of para-hydroxylation sites is 1. The molecule has 13 heavy (non-hydrogen) atoms. The van der Waals surface area contributed by atoms with E-state index < -0.39 is 0 Å². The van der Waals surface area contributed by atoms with Crippen molar-refractivity contribution in [3.05, 3.63) is 29.3 Å². The summed E-state index contributed by atoms with van der Waals surface area (Å²) >= 11 is 0. The number of ether oxygens (including phenoxy) is 1. The maximum absolute atomic E-state index is 5.65. The van der Waals surface area contributed by atoms with Crippen molar-refractivity contribution in [3.8, 4) is 5.75 Å². The molecule has 0 aromatic heterocycles. The third-order valence-electron chi connectivity index (χ3n) is 2.50. The molecule has 1 N–H and O–H groups in total. The van der Waals surface area contributed by atoms with Crippen LogP contribution in [-0.2, 0) is 6.54 Å². The molecule has 0 aliphatic carbocycles. The minimum absolute atomic E-state index is 0.548. The van der Waals surface area contributed by atoms with Gasteiger partial charge in [-0.15, -0.1) is 0 Å². The van der Waals surface area contributed by atoms with Crippen molar-refractivity contribution in [1.29, 1.82) is 0 Å². The van der Waals surface area contributed by atoms with Gasteiger partial charge in [0, 0.05) is 23.6 Å². The van der Waals surface area contributed by atoms with E-state index in [9.17, 15) is 0 Å². The first-order chi connectivity index (χ1) is 6.33. The second kappa shape index (κ2) is 3.38. The topological polar surface area (TPSA) is 21.3 Å². The van der Waals surface area contributed by atoms with Gasteiger partial charge in [0.05, 0.1) is 6.61 Å². The fraction of sp³-hybridized carbons (Fsp3) is 0.455. The molecule has 2 nitrogen and oxygen atoms in total. The fourth-order valence-corrected chi connectivity index (χ4v) is 1.80. The highest BCUT2D eigenvalue weighted by Gasteiger charge is 2.21. The predicted octanol–water partition coefficient (Wildman–Crippen LogP) is 1.90. The van der Waals surface area contributed by atoms with Gasteiger partial charge < -0.3 is 10.1 Å². The van der Waals surface area contributed by atoms with E-state index in [2.05, 4.69) is 30.4 Å². The zero-order valence-electron chi connectivity index (χ0n) is 8.13. The first-order valence-corrected chi connectivity index (χ1v) is 4.72. The highest BCUT2D eigenvalue weighted by atomic mass is 16.5. The van der Waals surface area contributed by atoms with E-state index in [1.54, 1.807) is 0 Å². The summed E-state index contributed by atoms with van der Waals surface area (Å²) in [6.45, 7) is 3.92. The summed E-state index contributed by atoms with van der Waals surface area (Å²) in [5.74, 6) is 1.65. The number of hydrogen-bond donors (Lipinski definition) is 1. The Morgan fingerprint density at radius 2 is 2.38 bits per heavy atom. The monoisotopic (exact) mass is 177 g/mol. The lowest BCUT2D eigenvalue weighted by Crippen LogP contribution is -2.06. The van der Waals surface area contributed by atoms with Crippen LogP contribution in [0.1, 0.15) is 24.0 Å². The Kier molecular flexibility index (Phi) is 2.23. The minimum atomic E-state index is 0.548. The Balaban J connectivity index is 2.38. The molecule has 0 amide bonds. The second-order valence-corrected chi connectivity index (χ2v) is 3.58. The number of hydrogen-bond acceptors (Lipinski definition) is 2. The summed E-state index contributed by atoms with van der Waals surface area (Å²) in [5, 5.41) is 3.15. The minimum Gasteiger partial charge on any atom is -0.492 e. The Morgan fingerprint density at radius 1 is 1.54 bits per heavy atom. The first kappa shape index (κ1) is 8.57. The number of nitrogens with one attached hydrogen (secondary N) is 1. The van der Waals surface area contributed by atoms with Crippen molar-refractivity contribution in [3.63, 3.8) is 0 Å². The van der Waals surface area contributed by atoms with Gasteiger partial charge in [-0.1, -0.05) is 25.1 Å². The van der Waals surface area contributed by atoms with Gasteiger partial charge in [-0.2, -0.15) is 0 Å². The summed E-state index contributed by atoms with van der Waals surface area (Å²) in [6.07, 6.45) is 0. The third kappa shape index (κ3) is 1.42. The van der Waals surface area contributed by atoms with E-state index in [0.29, 0.717) is 5.92 Å². The van der Waals surface area contributed by atoms with Crippen molar-refractivity contribution in [2.75, 3.05) is 13.7 Å². The van der Waals surface area contributed by atoms with Crippen molar-refractivity contribution in [1.82, 2.24) is 5.32 Å². The SMILES string of the molecule is CNCc1cccc2c1OCC2C. The highest BCUT2D eigenvalue weighted by molar-refractivity contribution is 5.46. The van der Waals surface area contributed by atoms with Gasteiger partial charge in [0.15, 0.2) is 0 Å². The molecule has 1 aromatic rings. The van der Waals surface area contributed by atoms with Crippen LogP contribution in [0.2, 0.25) is 0 Å². The van der Waals surface area contributed by atoms with Gasteiger partial charge in [-0.25, -0.2) is 0 Å². The molecule has 70 valence electrons. The molecular weight excluding hydrogens is 162 g/mol. The smallest absolute Gasteiger partial charge is 0.127 e. The van der Waals surface area contributed by atoms with Gasteiger partial charge in [-0.05, 0) is 7.05 Å². The van der Waals surface area contributed by atoms with E-state index in [1.165, 1.54) is 11.1 Å². The van der Waals surface area contributed by atoms with Gasteiger partial charge in [-0.3, -0.25) is 0 Å². The molecule has 1 atom stereocenters. The van der Waals surface area contributed by atoms with E-state index in [4.69, 9.17) is 4.74 Å². The molecule has 1 aromatic carbocycles. The van der Waals surface area contributed by atoms with Gasteiger partial charge in [0.25, 0.3) is 0 Å². The molecule has 0 saturated heterocycles. The second-order valence-electron chi connectivity index (χ2n) is 3.58. The average molecular weight is 177 g/mol. The lowest BCUT2D eigenvalue weighted by Gasteiger charge is -2.06. The van der Waals surface area contributed by atoms with Crippen molar-refractivity contribution in [2.45, 2.75) is 19.4 Å². The van der Waals surface area contributed by atoms with Gasteiger partial charge >= 0.3 is 0 Å². The van der Waals surface area contributed by atoms with Gasteiger partial charge in [0.2, 0.25) is 0 Å². The van der Waals surface area contributed by atoms with Crippen LogP contribution in [0, 0.1) is 0 Å². The van der Waals surface area contributed by atoms with E-state index >= 15 is 0 Å². The molecule has 0 radical (unpaired) electrons. The highest BCUT2D eigenvalue weighted by Crippen LogP contribution is 2.36. The molecule has 1 unspecified atom stereocenters. The standard InChI is InChI=1S/C11H15NO/c1-8-7-13-11-9(6-12-2)4-3-5-10(8)11/h3-5,8,12H,6-7H2,1-2H3. The van der Waals surface area contributed by atoms with E-state index in [-0.39, 0.29) is 0 Å². The molecule has 0 spiro atoms. The quantitative estimate of drug-likeness (QED) is 0.745. The van der Waals surface area contributed by atoms with Crippen LogP contribution in [0.4, 0.5) is 0 Å². The Labute approximate surface area is 78.9 Å². The normalized spacial score (nSPS) is 19.7. The van der Waals surface area contributed by atoms with Crippen molar-refractivity contribution < 1.29 is 4.74 Å². The van der Waals surface area contributed by atoms with Crippen LogP contribution in [0.5, 0.6) is 5.75 Å². The van der Waals surface area contributed by atoms with Crippen LogP contribution in [0.15, 0.2) is 18.2 Å². The number of fused-ring (bicyclic) bond motifs is 1. The third-order valence-corrected chi connectivity index (χ3v) is 2.50. The summed E-state index contributed by atoms with van der Waals surface area (Å²) < 4.78 is 5.65. The average Bonchev–Trinajstić information content (AvgIpc) is 2.50. The molecule has 1 aliphatic heterocycles. The fourth-order valence-electron chi connectivity index (χ4n) is 1.80. The summed E-state index contributed by atoms with van der Waals surface area (Å²) in [7, 11) is 1.96. The lowest BCUT2D eigenvalue weighted by atomic mass is 10.0. The Bertz CT molecular complexity index is 309. The van der Waals surface area contributed by atoms with Crippen LogP contribution >= 0.6 is 0 Å². The van der Waals surface area contributed by atoms with Crippen LogP contribution in [0.25, 0.3) is 0 Å². The summed E-state index contributed by atoms with van der Waals surface area (Å²) in [5.41, 5.74) is 2.62. The first-order valence-electron chi connectivity index (χ1n) is 4.72. The van der Waals surface area contributed by atoms with Gasteiger partial charge in [0.1, 0.15) is 5.75 Å². The zero-order chi connectivity index (χ0) is 9.26. The van der Waals surface area contributed by atoms with Crippen molar-refractivity contribution >= 4 is 0 Å². The summed E-state index contributed by atoms with van der Waals surface area (Å²) in [6, 6.07) is 6.39. The van der Waals surface area contributed by atoms with E-state index in [1.807, 2.05) is 7.05 Å². The molecule has 1 aliphatic rings. The van der Waals surface area contributed by atoms with Crippen LogP contribution < -0.4 is 10.1 Å². The molecule has 0 bridgehead atoms. The Hall–Kier alpha value is -1.02. The van der Waals surface area contributed by atoms with Crippen LogP contribution in [0.3, 0.4) is 0 Å². The van der Waals surface area contributed by atoms with E-state index in [0.717, 1.165) is 18.9 Å². The van der Waals surface area contributed by atoms with Crippen molar-refractivity contribution in [2.24, 2.45) is 0 Å². The maximum atomic E-state index is 5.65. The predicted molar refractivity (Wildman–Crippen MR) is 53.1 cm³/mol.